The highest BCUT2D eigenvalue weighted by atomic mass is 35.5. The highest BCUT2D eigenvalue weighted by Crippen LogP contribution is 2.35. The molecule has 0 heterocycles. The third-order valence-corrected chi connectivity index (χ3v) is 4.49. The molecule has 5 nitrogen and oxygen atoms in total. The lowest BCUT2D eigenvalue weighted by Crippen LogP contribution is -2.34. The van der Waals surface area contributed by atoms with Crippen molar-refractivity contribution in [2.45, 2.75) is 32.0 Å². The number of nitrogens with two attached hydrogens (primary N) is 1. The number of hydrogen-bond acceptors (Lipinski definition) is 4. The minimum atomic E-state index is -4.54. The Morgan fingerprint density at radius 1 is 1.00 bits per heavy atom. The fourth-order valence-electron chi connectivity index (χ4n) is 2.69. The van der Waals surface area contributed by atoms with Gasteiger partial charge in [-0.15, -0.1) is 12.4 Å². The number of nitrogens with one attached hydrogen (secondary N) is 1. The van der Waals surface area contributed by atoms with Crippen LogP contribution in [0.4, 0.5) is 18.9 Å². The fourth-order valence-corrected chi connectivity index (χ4v) is 2.69. The number of carbonyl (C=O) groups is 1. The average molecular weight is 433 g/mol. The van der Waals surface area contributed by atoms with Gasteiger partial charge in [0.25, 0.3) is 0 Å². The van der Waals surface area contributed by atoms with Crippen LogP contribution in [0.5, 0.6) is 11.5 Å². The molecule has 0 aromatic heterocycles. The maximum Gasteiger partial charge on any atom is 0.416 e. The first kappa shape index (κ1) is 24.6. The normalized spacial score (nSPS) is 11.4. The number of amides is 1. The molecule has 0 atom stereocenters. The Hall–Kier alpha value is -2.45. The van der Waals surface area contributed by atoms with E-state index in [1.165, 1.54) is 20.3 Å². The lowest BCUT2D eigenvalue weighted by Gasteiger charge is -2.25. The monoisotopic (exact) mass is 432 g/mol. The van der Waals surface area contributed by atoms with Crippen molar-refractivity contribution in [2.75, 3.05) is 19.5 Å². The van der Waals surface area contributed by atoms with Crippen LogP contribution in [-0.4, -0.2) is 20.1 Å². The number of alkyl halides is 3. The van der Waals surface area contributed by atoms with Crippen molar-refractivity contribution in [3.05, 3.63) is 53.1 Å². The van der Waals surface area contributed by atoms with E-state index in [9.17, 15) is 18.0 Å². The van der Waals surface area contributed by atoms with Gasteiger partial charge in [0.05, 0.1) is 25.2 Å². The van der Waals surface area contributed by atoms with Gasteiger partial charge in [-0.25, -0.2) is 0 Å². The van der Waals surface area contributed by atoms with E-state index in [0.29, 0.717) is 17.1 Å². The summed E-state index contributed by atoms with van der Waals surface area (Å²) >= 11 is 0. The van der Waals surface area contributed by atoms with Gasteiger partial charge in [-0.1, -0.05) is 6.07 Å². The number of ether oxygens (including phenoxy) is 2. The average Bonchev–Trinajstić information content (AvgIpc) is 2.66. The Labute approximate surface area is 173 Å². The summed E-state index contributed by atoms with van der Waals surface area (Å²) in [6.45, 7) is 3.26. The molecule has 3 N–H and O–H groups in total. The van der Waals surface area contributed by atoms with Gasteiger partial charge in [0, 0.05) is 12.2 Å². The van der Waals surface area contributed by atoms with Crippen LogP contribution in [0.2, 0.25) is 0 Å². The second kappa shape index (κ2) is 9.37. The first-order valence-electron chi connectivity index (χ1n) is 8.48. The van der Waals surface area contributed by atoms with E-state index in [1.807, 2.05) is 0 Å². The minimum Gasteiger partial charge on any atom is -0.493 e. The molecule has 0 unspecified atom stereocenters. The van der Waals surface area contributed by atoms with Gasteiger partial charge in [-0.05, 0) is 55.3 Å². The third-order valence-electron chi connectivity index (χ3n) is 4.49. The van der Waals surface area contributed by atoms with Crippen molar-refractivity contribution >= 4 is 24.0 Å². The largest absolute Gasteiger partial charge is 0.493 e. The lowest BCUT2D eigenvalue weighted by molar-refractivity contribution is -0.137. The second-order valence-corrected chi connectivity index (χ2v) is 6.77. The molecule has 0 aliphatic rings. The van der Waals surface area contributed by atoms with E-state index in [4.69, 9.17) is 15.2 Å². The molecule has 9 heteroatoms. The Kier molecular flexibility index (Phi) is 7.94. The van der Waals surface area contributed by atoms with E-state index < -0.39 is 23.1 Å². The smallest absolute Gasteiger partial charge is 0.416 e. The molecule has 2 aromatic rings. The molecule has 29 heavy (non-hydrogen) atoms. The summed E-state index contributed by atoms with van der Waals surface area (Å²) in [5.74, 6) is 0.486. The Balaban J connectivity index is 0.00000420. The molecule has 0 aliphatic carbocycles. The summed E-state index contributed by atoms with van der Waals surface area (Å²) in [5, 5.41) is 2.57. The van der Waals surface area contributed by atoms with Crippen molar-refractivity contribution in [3.63, 3.8) is 0 Å². The van der Waals surface area contributed by atoms with Crippen LogP contribution in [0.1, 0.15) is 30.5 Å². The van der Waals surface area contributed by atoms with Crippen molar-refractivity contribution in [1.29, 1.82) is 0 Å². The van der Waals surface area contributed by atoms with Gasteiger partial charge in [0.2, 0.25) is 5.91 Å². The van der Waals surface area contributed by atoms with Crippen LogP contribution in [0.3, 0.4) is 0 Å². The minimum absolute atomic E-state index is 0. The summed E-state index contributed by atoms with van der Waals surface area (Å²) in [6.07, 6.45) is -4.54. The summed E-state index contributed by atoms with van der Waals surface area (Å²) in [7, 11) is 2.98. The van der Waals surface area contributed by atoms with Gasteiger partial charge in [0.15, 0.2) is 11.5 Å². The van der Waals surface area contributed by atoms with E-state index in [1.54, 1.807) is 32.0 Å². The molecule has 0 radical (unpaired) electrons. The van der Waals surface area contributed by atoms with Crippen LogP contribution < -0.4 is 20.5 Å². The van der Waals surface area contributed by atoms with Gasteiger partial charge >= 0.3 is 6.18 Å². The molecular formula is C20H24ClF3N2O3. The number of halogens is 4. The molecule has 0 saturated carbocycles. The number of carbonyl (C=O) groups excluding carboxylic acids is 1. The first-order chi connectivity index (χ1) is 13.0. The maximum absolute atomic E-state index is 13.1. The van der Waals surface area contributed by atoms with E-state index >= 15 is 0 Å². The third kappa shape index (κ3) is 5.55. The number of anilines is 1. The van der Waals surface area contributed by atoms with Gasteiger partial charge in [-0.2, -0.15) is 13.2 Å². The van der Waals surface area contributed by atoms with Gasteiger partial charge in [-0.3, -0.25) is 4.79 Å². The number of methoxy groups -OCH3 is 2. The first-order valence-corrected chi connectivity index (χ1v) is 8.48. The van der Waals surface area contributed by atoms with E-state index in [0.717, 1.165) is 12.1 Å². The molecule has 2 rings (SSSR count). The molecule has 160 valence electrons. The van der Waals surface area contributed by atoms with Crippen molar-refractivity contribution in [3.8, 4) is 11.5 Å². The Morgan fingerprint density at radius 3 is 2.14 bits per heavy atom. The molecule has 0 saturated heterocycles. The second-order valence-electron chi connectivity index (χ2n) is 6.77. The van der Waals surface area contributed by atoms with Crippen LogP contribution >= 0.6 is 12.4 Å². The summed E-state index contributed by atoms with van der Waals surface area (Å²) < 4.78 is 49.7. The quantitative estimate of drug-likeness (QED) is 0.704. The number of hydrogen-bond donors (Lipinski definition) is 2. The highest BCUT2D eigenvalue weighted by Gasteiger charge is 2.33. The SMILES string of the molecule is COc1ccc(C(C)(C)C(=O)Nc2cc(CN)cc(C(F)(F)F)c2)cc1OC.Cl. The van der Waals surface area contributed by atoms with Gasteiger partial charge < -0.3 is 20.5 Å². The molecule has 2 aromatic carbocycles. The summed E-state index contributed by atoms with van der Waals surface area (Å²) in [5.41, 5.74) is 4.51. The zero-order valence-corrected chi connectivity index (χ0v) is 17.3. The van der Waals surface area contributed by atoms with Gasteiger partial charge in [0.1, 0.15) is 0 Å². The predicted octanol–water partition coefficient (Wildman–Crippen LogP) is 4.52. The lowest BCUT2D eigenvalue weighted by atomic mass is 9.83. The van der Waals surface area contributed by atoms with Crippen molar-refractivity contribution in [1.82, 2.24) is 0 Å². The number of benzene rings is 2. The molecule has 0 aliphatic heterocycles. The molecule has 0 bridgehead atoms. The van der Waals surface area contributed by atoms with Crippen LogP contribution in [-0.2, 0) is 22.9 Å². The topological polar surface area (TPSA) is 73.6 Å². The zero-order valence-electron chi connectivity index (χ0n) is 16.5. The van der Waals surface area contributed by atoms with Crippen molar-refractivity contribution < 1.29 is 27.4 Å². The van der Waals surface area contributed by atoms with Crippen molar-refractivity contribution in [2.24, 2.45) is 5.73 Å². The Bertz CT molecular complexity index is 871. The van der Waals surface area contributed by atoms with E-state index in [-0.39, 0.29) is 30.2 Å². The summed E-state index contributed by atoms with van der Waals surface area (Å²) in [4.78, 5) is 12.9. The van der Waals surface area contributed by atoms with E-state index in [2.05, 4.69) is 5.32 Å². The summed E-state index contributed by atoms with van der Waals surface area (Å²) in [6, 6.07) is 8.32. The molecular weight excluding hydrogens is 409 g/mol. The van der Waals surface area contributed by atoms with Crippen LogP contribution in [0.25, 0.3) is 0 Å². The number of rotatable bonds is 6. The highest BCUT2D eigenvalue weighted by molar-refractivity contribution is 5.98. The van der Waals surface area contributed by atoms with Crippen LogP contribution in [0.15, 0.2) is 36.4 Å². The molecule has 1 amide bonds. The molecule has 0 spiro atoms. The standard InChI is InChI=1S/C20H23F3N2O3.ClH/c1-19(2,13-5-6-16(27-3)17(10-13)28-4)18(26)25-15-8-12(11-24)7-14(9-15)20(21,22)23;/h5-10H,11,24H2,1-4H3,(H,25,26);1H. The molecule has 0 fully saturated rings. The zero-order chi connectivity index (χ0) is 21.1. The predicted molar refractivity (Wildman–Crippen MR) is 108 cm³/mol. The Morgan fingerprint density at radius 2 is 1.62 bits per heavy atom. The fraction of sp³-hybridized carbons (Fsp3) is 0.350. The maximum atomic E-state index is 13.1. The van der Waals surface area contributed by atoms with Crippen LogP contribution in [0, 0.1) is 0 Å².